The van der Waals surface area contributed by atoms with Crippen molar-refractivity contribution in [3.8, 4) is 5.69 Å². The van der Waals surface area contributed by atoms with Crippen molar-refractivity contribution < 1.29 is 21.6 Å². The predicted molar refractivity (Wildman–Crippen MR) is 145 cm³/mol. The first-order valence-electron chi connectivity index (χ1n) is 11.6. The van der Waals surface area contributed by atoms with E-state index in [-0.39, 0.29) is 21.4 Å². The summed E-state index contributed by atoms with van der Waals surface area (Å²) in [4.78, 5) is 16.5. The molecule has 13 heteroatoms. The summed E-state index contributed by atoms with van der Waals surface area (Å²) in [5.74, 6) is 0.712. The van der Waals surface area contributed by atoms with Gasteiger partial charge in [-0.2, -0.15) is 0 Å². The number of primary sulfonamides is 1. The Labute approximate surface area is 225 Å². The minimum atomic E-state index is -4.00. The third-order valence-corrected chi connectivity index (χ3v) is 8.57. The number of halogens is 1. The Morgan fingerprint density at radius 3 is 2.29 bits per heavy atom. The van der Waals surface area contributed by atoms with E-state index in [1.54, 1.807) is 12.1 Å². The van der Waals surface area contributed by atoms with Gasteiger partial charge in [0.2, 0.25) is 10.0 Å². The number of carbonyl (C=O) groups excluding carboxylic acids is 1. The molecule has 0 saturated heterocycles. The number of urea groups is 1. The molecule has 0 bridgehead atoms. The van der Waals surface area contributed by atoms with Gasteiger partial charge in [0.15, 0.2) is 0 Å². The highest BCUT2D eigenvalue weighted by molar-refractivity contribution is 7.90. The number of aromatic nitrogens is 2. The number of nitrogens with two attached hydrogens (primary N) is 1. The summed E-state index contributed by atoms with van der Waals surface area (Å²) in [5.41, 5.74) is 3.71. The van der Waals surface area contributed by atoms with Crippen LogP contribution in [-0.2, 0) is 32.9 Å². The van der Waals surface area contributed by atoms with Gasteiger partial charge in [0.25, 0.3) is 10.0 Å². The third-order valence-electron chi connectivity index (χ3n) is 5.85. The number of rotatable bonds is 8. The van der Waals surface area contributed by atoms with Gasteiger partial charge in [-0.3, -0.25) is 4.57 Å². The minimum Gasteiger partial charge on any atom is -0.337 e. The molecule has 4 aromatic rings. The molecule has 38 heavy (non-hydrogen) atoms. The quantitative estimate of drug-likeness (QED) is 0.292. The van der Waals surface area contributed by atoms with E-state index < -0.39 is 26.1 Å². The molecule has 3 aromatic carbocycles. The van der Waals surface area contributed by atoms with Crippen LogP contribution in [0.4, 0.5) is 4.79 Å². The summed E-state index contributed by atoms with van der Waals surface area (Å²) < 4.78 is 52.3. The lowest BCUT2D eigenvalue weighted by atomic mass is 10.1. The van der Waals surface area contributed by atoms with Crippen LogP contribution in [0, 0.1) is 6.92 Å². The van der Waals surface area contributed by atoms with Crippen molar-refractivity contribution in [2.45, 2.75) is 36.5 Å². The van der Waals surface area contributed by atoms with Crippen LogP contribution in [0.2, 0.25) is 5.02 Å². The molecule has 1 aromatic heterocycles. The van der Waals surface area contributed by atoms with E-state index in [1.807, 2.05) is 47.4 Å². The lowest BCUT2D eigenvalue weighted by Crippen LogP contribution is -2.40. The second kappa shape index (κ2) is 10.7. The SMILES string of the molecule is CCc1nc2cc(S(N)(=O)=O)c(Cl)cc2n1-c1ccc(CCNC(=O)NS(=O)(=O)c2ccc(C)cc2)cc1. The fourth-order valence-corrected chi connectivity index (χ4v) is 5.95. The number of amides is 2. The fourth-order valence-electron chi connectivity index (χ4n) is 3.94. The maximum atomic E-state index is 12.3. The van der Waals surface area contributed by atoms with E-state index in [9.17, 15) is 21.6 Å². The molecule has 0 fully saturated rings. The zero-order valence-corrected chi connectivity index (χ0v) is 23.0. The van der Waals surface area contributed by atoms with E-state index in [1.165, 1.54) is 24.3 Å². The van der Waals surface area contributed by atoms with Crippen LogP contribution >= 0.6 is 11.6 Å². The van der Waals surface area contributed by atoms with Crippen molar-refractivity contribution in [1.82, 2.24) is 19.6 Å². The number of hydrogen-bond acceptors (Lipinski definition) is 6. The van der Waals surface area contributed by atoms with Crippen LogP contribution in [0.25, 0.3) is 16.7 Å². The van der Waals surface area contributed by atoms with Crippen molar-refractivity contribution in [2.24, 2.45) is 5.14 Å². The van der Waals surface area contributed by atoms with Gasteiger partial charge in [0.1, 0.15) is 10.7 Å². The van der Waals surface area contributed by atoms with E-state index in [4.69, 9.17) is 16.7 Å². The summed E-state index contributed by atoms with van der Waals surface area (Å²) >= 11 is 6.21. The number of nitrogens with zero attached hydrogens (tertiary/aromatic N) is 2. The highest BCUT2D eigenvalue weighted by atomic mass is 35.5. The number of hydrogen-bond donors (Lipinski definition) is 3. The molecule has 0 saturated carbocycles. The van der Waals surface area contributed by atoms with Crippen LogP contribution in [0.1, 0.15) is 23.9 Å². The lowest BCUT2D eigenvalue weighted by molar-refractivity contribution is 0.246. The molecule has 4 rings (SSSR count). The standard InChI is InChI=1S/C25H26ClN5O5S2/c1-3-24-29-21-15-23(37(27,33)34)20(26)14-22(21)31(24)18-8-6-17(7-9-18)12-13-28-25(32)30-38(35,36)19-10-4-16(2)5-11-19/h4-11,14-15H,3,12-13H2,1-2H3,(H2,27,33,34)(H2,28,30,32). The Hall–Kier alpha value is -3.45. The predicted octanol–water partition coefficient (Wildman–Crippen LogP) is 3.43. The Balaban J connectivity index is 1.45. The minimum absolute atomic E-state index is 0.00849. The second-order valence-corrected chi connectivity index (χ2v) is 12.2. The Morgan fingerprint density at radius 1 is 1.03 bits per heavy atom. The lowest BCUT2D eigenvalue weighted by Gasteiger charge is -2.11. The van der Waals surface area contributed by atoms with Crippen LogP contribution in [0.15, 0.2) is 70.5 Å². The van der Waals surface area contributed by atoms with Crippen molar-refractivity contribution >= 4 is 48.7 Å². The van der Waals surface area contributed by atoms with Gasteiger partial charge in [-0.25, -0.2) is 36.5 Å². The molecule has 0 spiro atoms. The van der Waals surface area contributed by atoms with Crippen LogP contribution < -0.4 is 15.2 Å². The zero-order chi connectivity index (χ0) is 27.7. The Bertz CT molecular complexity index is 1720. The highest BCUT2D eigenvalue weighted by Crippen LogP contribution is 2.30. The topological polar surface area (TPSA) is 153 Å². The van der Waals surface area contributed by atoms with Crippen LogP contribution in [0.5, 0.6) is 0 Å². The summed E-state index contributed by atoms with van der Waals surface area (Å²) in [7, 11) is -7.96. The number of sulfonamides is 2. The first-order valence-corrected chi connectivity index (χ1v) is 15.0. The molecule has 0 aliphatic rings. The maximum absolute atomic E-state index is 12.3. The number of nitrogens with one attached hydrogen (secondary N) is 2. The average Bonchev–Trinajstić information content (AvgIpc) is 3.20. The Kier molecular flexibility index (Phi) is 7.79. The van der Waals surface area contributed by atoms with Crippen LogP contribution in [-0.4, -0.2) is 39.0 Å². The van der Waals surface area contributed by atoms with E-state index in [0.29, 0.717) is 29.7 Å². The molecule has 4 N–H and O–H groups in total. The fraction of sp³-hybridized carbons (Fsp3) is 0.200. The molecule has 200 valence electrons. The van der Waals surface area contributed by atoms with E-state index in [0.717, 1.165) is 16.8 Å². The molecular weight excluding hydrogens is 550 g/mol. The van der Waals surface area contributed by atoms with Gasteiger partial charge < -0.3 is 5.32 Å². The zero-order valence-electron chi connectivity index (χ0n) is 20.6. The molecule has 1 heterocycles. The van der Waals surface area contributed by atoms with Gasteiger partial charge in [-0.15, -0.1) is 0 Å². The molecule has 10 nitrogen and oxygen atoms in total. The molecule has 0 radical (unpaired) electrons. The number of aryl methyl sites for hydroxylation is 2. The molecular formula is C25H26ClN5O5S2. The van der Waals surface area contributed by atoms with Crippen LogP contribution in [0.3, 0.4) is 0 Å². The van der Waals surface area contributed by atoms with Gasteiger partial charge in [0, 0.05) is 18.7 Å². The highest BCUT2D eigenvalue weighted by Gasteiger charge is 2.19. The smallest absolute Gasteiger partial charge is 0.328 e. The molecule has 0 atom stereocenters. The van der Waals surface area contributed by atoms with Gasteiger partial charge in [0.05, 0.1) is 21.0 Å². The number of fused-ring (bicyclic) bond motifs is 1. The summed E-state index contributed by atoms with van der Waals surface area (Å²) in [6.45, 7) is 3.99. The normalized spacial score (nSPS) is 12.0. The molecule has 0 aliphatic heterocycles. The van der Waals surface area contributed by atoms with Gasteiger partial charge >= 0.3 is 6.03 Å². The van der Waals surface area contributed by atoms with Crippen molar-refractivity contribution in [3.63, 3.8) is 0 Å². The van der Waals surface area contributed by atoms with E-state index >= 15 is 0 Å². The van der Waals surface area contributed by atoms with Crippen molar-refractivity contribution in [1.29, 1.82) is 0 Å². The molecule has 0 unspecified atom stereocenters. The Morgan fingerprint density at radius 2 is 1.68 bits per heavy atom. The summed E-state index contributed by atoms with van der Waals surface area (Å²) in [6, 6.07) is 15.8. The molecule has 0 aliphatic carbocycles. The average molecular weight is 576 g/mol. The first kappa shape index (κ1) is 27.6. The number of carbonyl (C=O) groups is 1. The molecule has 2 amide bonds. The maximum Gasteiger partial charge on any atom is 0.328 e. The third kappa shape index (κ3) is 5.99. The summed E-state index contributed by atoms with van der Waals surface area (Å²) in [5, 5.41) is 7.83. The largest absolute Gasteiger partial charge is 0.337 e. The van der Waals surface area contributed by atoms with Crippen molar-refractivity contribution in [3.05, 3.63) is 82.6 Å². The van der Waals surface area contributed by atoms with Gasteiger partial charge in [-0.1, -0.05) is 48.4 Å². The first-order chi connectivity index (χ1) is 17.9. The van der Waals surface area contributed by atoms with Crippen molar-refractivity contribution in [2.75, 3.05) is 6.54 Å². The van der Waals surface area contributed by atoms with Gasteiger partial charge in [-0.05, 0) is 55.3 Å². The number of benzene rings is 3. The number of imidazole rings is 1. The summed E-state index contributed by atoms with van der Waals surface area (Å²) in [6.07, 6.45) is 1.05. The second-order valence-electron chi connectivity index (χ2n) is 8.62. The monoisotopic (exact) mass is 575 g/mol. The van der Waals surface area contributed by atoms with E-state index in [2.05, 4.69) is 10.3 Å².